The minimum Gasteiger partial charge on any atom is -0.299 e. The maximum atomic E-state index is 11.7. The van der Waals surface area contributed by atoms with Gasteiger partial charge in [-0.15, -0.1) is 0 Å². The monoisotopic (exact) mass is 226 g/mol. The van der Waals surface area contributed by atoms with Crippen molar-refractivity contribution in [3.05, 3.63) is 0 Å². The third-order valence-corrected chi connectivity index (χ3v) is 2.60. The minimum absolute atomic E-state index is 0.199. The predicted molar refractivity (Wildman–Crippen MR) is 63.2 cm³/mol. The SMILES string of the molecule is CCCCC(=O)C(C(C)=O)C(=O)CCCC. The summed E-state index contributed by atoms with van der Waals surface area (Å²) >= 11 is 0. The van der Waals surface area contributed by atoms with Gasteiger partial charge in [0.15, 0.2) is 11.6 Å². The first-order valence-corrected chi connectivity index (χ1v) is 6.10. The van der Waals surface area contributed by atoms with Crippen LogP contribution < -0.4 is 0 Å². The lowest BCUT2D eigenvalue weighted by atomic mass is 9.89. The van der Waals surface area contributed by atoms with Crippen molar-refractivity contribution in [2.75, 3.05) is 0 Å². The van der Waals surface area contributed by atoms with Crippen LogP contribution in [0.3, 0.4) is 0 Å². The number of ketones is 3. The highest BCUT2D eigenvalue weighted by atomic mass is 16.2. The third-order valence-electron chi connectivity index (χ3n) is 2.60. The summed E-state index contributed by atoms with van der Waals surface area (Å²) in [7, 11) is 0. The summed E-state index contributed by atoms with van der Waals surface area (Å²) in [6.07, 6.45) is 4.00. The Balaban J connectivity index is 4.42. The van der Waals surface area contributed by atoms with Crippen molar-refractivity contribution in [2.45, 2.75) is 59.3 Å². The average molecular weight is 226 g/mol. The van der Waals surface area contributed by atoms with Crippen molar-refractivity contribution in [3.63, 3.8) is 0 Å². The molecule has 0 amide bonds. The number of carbonyl (C=O) groups excluding carboxylic acids is 3. The molecule has 0 saturated heterocycles. The van der Waals surface area contributed by atoms with Gasteiger partial charge in [-0.1, -0.05) is 26.7 Å². The van der Waals surface area contributed by atoms with Gasteiger partial charge in [0.2, 0.25) is 0 Å². The van der Waals surface area contributed by atoms with Gasteiger partial charge in [-0.3, -0.25) is 14.4 Å². The van der Waals surface area contributed by atoms with Gasteiger partial charge in [0, 0.05) is 12.8 Å². The molecule has 0 N–H and O–H groups in total. The van der Waals surface area contributed by atoms with Crippen LogP contribution in [0.25, 0.3) is 0 Å². The molecule has 0 aromatic carbocycles. The van der Waals surface area contributed by atoms with Crippen molar-refractivity contribution in [1.82, 2.24) is 0 Å². The molecule has 0 aliphatic rings. The zero-order valence-corrected chi connectivity index (χ0v) is 10.5. The second-order valence-electron chi connectivity index (χ2n) is 4.18. The first-order valence-electron chi connectivity index (χ1n) is 6.10. The van der Waals surface area contributed by atoms with E-state index in [1.165, 1.54) is 6.92 Å². The molecule has 3 nitrogen and oxygen atoms in total. The molecule has 0 radical (unpaired) electrons. The Bertz CT molecular complexity index is 236. The van der Waals surface area contributed by atoms with Gasteiger partial charge in [0.25, 0.3) is 0 Å². The van der Waals surface area contributed by atoms with Gasteiger partial charge in [-0.05, 0) is 19.8 Å². The summed E-state index contributed by atoms with van der Waals surface area (Å²) in [6.45, 7) is 5.29. The molecule has 0 aliphatic carbocycles. The van der Waals surface area contributed by atoms with E-state index in [-0.39, 0.29) is 17.3 Å². The van der Waals surface area contributed by atoms with Gasteiger partial charge in [-0.25, -0.2) is 0 Å². The van der Waals surface area contributed by atoms with E-state index in [1.54, 1.807) is 0 Å². The molecule has 0 unspecified atom stereocenters. The zero-order valence-electron chi connectivity index (χ0n) is 10.5. The average Bonchev–Trinajstić information content (AvgIpc) is 2.23. The van der Waals surface area contributed by atoms with Crippen LogP contribution in [0.2, 0.25) is 0 Å². The summed E-state index contributed by atoms with van der Waals surface area (Å²) in [4.78, 5) is 34.7. The van der Waals surface area contributed by atoms with E-state index in [4.69, 9.17) is 0 Å². The Morgan fingerprint density at radius 2 is 1.25 bits per heavy atom. The standard InChI is InChI=1S/C13H22O3/c1-4-6-8-11(15)13(10(3)14)12(16)9-7-5-2/h13H,4-9H2,1-3H3. The highest BCUT2D eigenvalue weighted by Gasteiger charge is 2.29. The number of hydrogen-bond donors (Lipinski definition) is 0. The molecule has 0 aromatic heterocycles. The van der Waals surface area contributed by atoms with E-state index < -0.39 is 5.92 Å². The summed E-state index contributed by atoms with van der Waals surface area (Å²) < 4.78 is 0. The lowest BCUT2D eigenvalue weighted by Crippen LogP contribution is -2.30. The highest BCUT2D eigenvalue weighted by molar-refractivity contribution is 6.18. The van der Waals surface area contributed by atoms with Crippen molar-refractivity contribution >= 4 is 17.3 Å². The Morgan fingerprint density at radius 1 is 0.875 bits per heavy atom. The van der Waals surface area contributed by atoms with Crippen LogP contribution in [-0.2, 0) is 14.4 Å². The van der Waals surface area contributed by atoms with E-state index in [9.17, 15) is 14.4 Å². The maximum absolute atomic E-state index is 11.7. The van der Waals surface area contributed by atoms with Crippen LogP contribution in [-0.4, -0.2) is 17.3 Å². The fourth-order valence-corrected chi connectivity index (χ4v) is 1.62. The van der Waals surface area contributed by atoms with E-state index in [1.807, 2.05) is 13.8 Å². The van der Waals surface area contributed by atoms with E-state index >= 15 is 0 Å². The first-order chi connectivity index (χ1) is 7.54. The molecule has 0 aromatic rings. The van der Waals surface area contributed by atoms with Crippen LogP contribution in [0.15, 0.2) is 0 Å². The number of carbonyl (C=O) groups is 3. The Morgan fingerprint density at radius 3 is 1.50 bits per heavy atom. The third kappa shape index (κ3) is 5.19. The van der Waals surface area contributed by atoms with Crippen LogP contribution in [0.4, 0.5) is 0 Å². The van der Waals surface area contributed by atoms with Gasteiger partial charge in [0.05, 0.1) is 0 Å². The Hall–Kier alpha value is -0.990. The second kappa shape index (κ2) is 8.20. The quantitative estimate of drug-likeness (QED) is 0.568. The molecule has 0 atom stereocenters. The topological polar surface area (TPSA) is 51.2 Å². The van der Waals surface area contributed by atoms with Crippen molar-refractivity contribution in [2.24, 2.45) is 5.92 Å². The molecule has 0 bridgehead atoms. The fraction of sp³-hybridized carbons (Fsp3) is 0.769. The molecule has 0 saturated carbocycles. The Kier molecular flexibility index (Phi) is 7.69. The van der Waals surface area contributed by atoms with E-state index in [0.717, 1.165) is 25.7 Å². The molecule has 3 heteroatoms. The summed E-state index contributed by atoms with van der Waals surface area (Å²) in [5.74, 6) is -1.69. The lowest BCUT2D eigenvalue weighted by molar-refractivity contribution is -0.139. The molecule has 16 heavy (non-hydrogen) atoms. The summed E-state index contributed by atoms with van der Waals surface area (Å²) in [6, 6.07) is 0. The smallest absolute Gasteiger partial charge is 0.150 e. The van der Waals surface area contributed by atoms with Gasteiger partial charge in [0.1, 0.15) is 11.7 Å². The van der Waals surface area contributed by atoms with Crippen molar-refractivity contribution in [3.8, 4) is 0 Å². The molecular formula is C13H22O3. The van der Waals surface area contributed by atoms with Gasteiger partial charge >= 0.3 is 0 Å². The molecule has 0 rings (SSSR count). The van der Waals surface area contributed by atoms with E-state index in [2.05, 4.69) is 0 Å². The number of unbranched alkanes of at least 4 members (excludes halogenated alkanes) is 2. The van der Waals surface area contributed by atoms with Crippen molar-refractivity contribution in [1.29, 1.82) is 0 Å². The van der Waals surface area contributed by atoms with Crippen LogP contribution >= 0.6 is 0 Å². The molecule has 0 heterocycles. The molecular weight excluding hydrogens is 204 g/mol. The van der Waals surface area contributed by atoms with E-state index in [0.29, 0.717) is 12.8 Å². The Labute approximate surface area is 97.6 Å². The number of hydrogen-bond acceptors (Lipinski definition) is 3. The first kappa shape index (κ1) is 15.0. The molecule has 0 aliphatic heterocycles. The van der Waals surface area contributed by atoms with Crippen LogP contribution in [0.5, 0.6) is 0 Å². The molecule has 0 spiro atoms. The highest BCUT2D eigenvalue weighted by Crippen LogP contribution is 2.12. The van der Waals surface area contributed by atoms with Crippen molar-refractivity contribution < 1.29 is 14.4 Å². The number of Topliss-reactive ketones (excluding diaryl/α,β-unsaturated/α-hetero) is 3. The lowest BCUT2D eigenvalue weighted by Gasteiger charge is -2.10. The molecule has 92 valence electrons. The second-order valence-corrected chi connectivity index (χ2v) is 4.18. The molecule has 0 fully saturated rings. The number of rotatable bonds is 9. The van der Waals surface area contributed by atoms with Gasteiger partial charge in [-0.2, -0.15) is 0 Å². The van der Waals surface area contributed by atoms with Crippen LogP contribution in [0, 0.1) is 5.92 Å². The minimum atomic E-state index is -0.988. The predicted octanol–water partition coefficient (Wildman–Crippen LogP) is 2.71. The zero-order chi connectivity index (χ0) is 12.6. The maximum Gasteiger partial charge on any atom is 0.150 e. The van der Waals surface area contributed by atoms with Gasteiger partial charge < -0.3 is 0 Å². The van der Waals surface area contributed by atoms with Crippen LogP contribution in [0.1, 0.15) is 59.3 Å². The normalized spacial score (nSPS) is 10.5. The fourth-order valence-electron chi connectivity index (χ4n) is 1.62. The largest absolute Gasteiger partial charge is 0.299 e. The summed E-state index contributed by atoms with van der Waals surface area (Å²) in [5, 5.41) is 0. The summed E-state index contributed by atoms with van der Waals surface area (Å²) in [5.41, 5.74) is 0.